The van der Waals surface area contributed by atoms with Crippen LogP contribution in [-0.2, 0) is 9.53 Å². The minimum Gasteiger partial charge on any atom is -0.494 e. The summed E-state index contributed by atoms with van der Waals surface area (Å²) < 4.78 is 17.0. The fourth-order valence-electron chi connectivity index (χ4n) is 4.75. The third kappa shape index (κ3) is 5.71. The maximum absolute atomic E-state index is 12.7. The van der Waals surface area contributed by atoms with Gasteiger partial charge in [-0.2, -0.15) is 0 Å². The van der Waals surface area contributed by atoms with Gasteiger partial charge in [0.15, 0.2) is 5.11 Å². The summed E-state index contributed by atoms with van der Waals surface area (Å²) in [4.78, 5) is 31.3. The molecule has 1 saturated heterocycles. The number of esters is 1. The van der Waals surface area contributed by atoms with Crippen LogP contribution in [0.5, 0.6) is 5.75 Å². The highest BCUT2D eigenvalue weighted by Gasteiger charge is 2.43. The molecule has 2 N–H and O–H groups in total. The number of amides is 1. The van der Waals surface area contributed by atoms with E-state index in [1.54, 1.807) is 37.6 Å². The number of hydrogen-bond acceptors (Lipinski definition) is 7. The fourth-order valence-corrected chi connectivity index (χ4v) is 5.09. The Balaban J connectivity index is 1.55. The molecule has 0 saturated carbocycles. The van der Waals surface area contributed by atoms with Crippen molar-refractivity contribution in [2.75, 3.05) is 24.4 Å². The van der Waals surface area contributed by atoms with Crippen molar-refractivity contribution >= 4 is 40.6 Å². The van der Waals surface area contributed by atoms with Gasteiger partial charge in [-0.15, -0.1) is 0 Å². The smallest absolute Gasteiger partial charge is 0.337 e. The molecule has 5 rings (SSSR count). The first kappa shape index (κ1) is 28.8. The Morgan fingerprint density at radius 1 is 1.02 bits per heavy atom. The summed E-state index contributed by atoms with van der Waals surface area (Å²) in [7, 11) is 2.91. The number of thiocarbonyl (C=S) groups is 1. The van der Waals surface area contributed by atoms with E-state index in [2.05, 4.69) is 15.6 Å². The molecule has 4 aromatic rings. The molecule has 2 atom stereocenters. The van der Waals surface area contributed by atoms with Gasteiger partial charge in [0.05, 0.1) is 37.2 Å². The van der Waals surface area contributed by atoms with Crippen LogP contribution in [0, 0.1) is 5.41 Å². The summed E-state index contributed by atoms with van der Waals surface area (Å²) >= 11 is 5.85. The molecule has 3 heterocycles. The maximum Gasteiger partial charge on any atom is 0.337 e. The number of nitrogens with zero attached hydrogens (tertiary/aromatic N) is 2. The molecule has 0 radical (unpaired) electrons. The molecule has 1 amide bonds. The van der Waals surface area contributed by atoms with E-state index in [4.69, 9.17) is 26.1 Å². The normalized spacial score (nSPS) is 16.6. The number of aromatic nitrogens is 1. The van der Waals surface area contributed by atoms with Gasteiger partial charge in [-0.05, 0) is 60.7 Å². The van der Waals surface area contributed by atoms with Crippen molar-refractivity contribution in [2.24, 2.45) is 5.41 Å². The molecule has 2 aromatic heterocycles. The van der Waals surface area contributed by atoms with E-state index in [1.165, 1.54) is 7.11 Å². The van der Waals surface area contributed by atoms with E-state index >= 15 is 0 Å². The predicted molar refractivity (Wildman–Crippen MR) is 164 cm³/mol. The Morgan fingerprint density at radius 3 is 2.52 bits per heavy atom. The number of furan rings is 1. The third-order valence-corrected chi connectivity index (χ3v) is 7.29. The second-order valence-electron chi connectivity index (χ2n) is 10.9. The number of hydrogen-bond donors (Lipinski definition) is 2. The van der Waals surface area contributed by atoms with Crippen molar-refractivity contribution in [2.45, 2.75) is 32.9 Å². The van der Waals surface area contributed by atoms with Gasteiger partial charge >= 0.3 is 5.97 Å². The molecule has 10 heteroatoms. The first-order chi connectivity index (χ1) is 20.1. The van der Waals surface area contributed by atoms with Crippen LogP contribution >= 0.6 is 12.2 Å². The minimum atomic E-state index is -0.571. The largest absolute Gasteiger partial charge is 0.494 e. The molecule has 9 nitrogen and oxygen atoms in total. The predicted octanol–water partition coefficient (Wildman–Crippen LogP) is 6.30. The number of rotatable bonds is 7. The number of carbonyl (C=O) groups is 2. The van der Waals surface area contributed by atoms with Crippen molar-refractivity contribution < 1.29 is 23.5 Å². The van der Waals surface area contributed by atoms with Crippen molar-refractivity contribution in [1.29, 1.82) is 0 Å². The van der Waals surface area contributed by atoms with Gasteiger partial charge in [0.25, 0.3) is 0 Å². The quantitative estimate of drug-likeness (QED) is 0.191. The van der Waals surface area contributed by atoms with E-state index in [0.29, 0.717) is 33.6 Å². The summed E-state index contributed by atoms with van der Waals surface area (Å²) in [5.41, 5.74) is 2.68. The zero-order valence-electron chi connectivity index (χ0n) is 24.0. The Labute approximate surface area is 249 Å². The molecule has 2 aromatic carbocycles. The van der Waals surface area contributed by atoms with Crippen LogP contribution in [0.1, 0.15) is 54.7 Å². The average molecular weight is 585 g/mol. The van der Waals surface area contributed by atoms with Crippen LogP contribution in [0.3, 0.4) is 0 Å². The lowest BCUT2D eigenvalue weighted by Gasteiger charge is -2.27. The van der Waals surface area contributed by atoms with Crippen LogP contribution in [0.4, 0.5) is 11.4 Å². The second kappa shape index (κ2) is 11.7. The number of carbonyl (C=O) groups excluding carboxylic acids is 2. The maximum atomic E-state index is 12.7. The summed E-state index contributed by atoms with van der Waals surface area (Å²) in [6, 6.07) is 21.3. The zero-order valence-corrected chi connectivity index (χ0v) is 24.8. The Morgan fingerprint density at radius 2 is 1.83 bits per heavy atom. The van der Waals surface area contributed by atoms with Crippen LogP contribution in [0.15, 0.2) is 83.4 Å². The van der Waals surface area contributed by atoms with Gasteiger partial charge < -0.3 is 29.4 Å². The van der Waals surface area contributed by atoms with Gasteiger partial charge in [0.2, 0.25) is 5.91 Å². The van der Waals surface area contributed by atoms with E-state index in [0.717, 1.165) is 16.9 Å². The zero-order chi connectivity index (χ0) is 30.0. The highest BCUT2D eigenvalue weighted by Crippen LogP contribution is 2.44. The SMILES string of the molecule is COC(=O)c1cccc(-c2ccc([C@H]3[C@H](c4ccccn4)NC(=S)N3c3ccc(NC(=O)C(C)(C)C)c(OC)c3)o2)c1. The molecule has 1 aliphatic rings. The van der Waals surface area contributed by atoms with Gasteiger partial charge in [-0.1, -0.05) is 39.0 Å². The lowest BCUT2D eigenvalue weighted by atomic mass is 9.95. The van der Waals surface area contributed by atoms with Gasteiger partial charge in [-0.3, -0.25) is 9.78 Å². The molecule has 0 aliphatic carbocycles. The van der Waals surface area contributed by atoms with Crippen molar-refractivity contribution in [3.05, 3.63) is 96.0 Å². The molecular weight excluding hydrogens is 552 g/mol. The average Bonchev–Trinajstić information content (AvgIpc) is 3.61. The topological polar surface area (TPSA) is 106 Å². The Bertz CT molecular complexity index is 1630. The molecule has 42 heavy (non-hydrogen) atoms. The van der Waals surface area contributed by atoms with E-state index < -0.39 is 17.4 Å². The first-order valence-electron chi connectivity index (χ1n) is 13.4. The highest BCUT2D eigenvalue weighted by molar-refractivity contribution is 7.80. The molecular formula is C32H32N4O5S. The lowest BCUT2D eigenvalue weighted by molar-refractivity contribution is -0.123. The molecule has 1 fully saturated rings. The Kier molecular flexibility index (Phi) is 8.00. The van der Waals surface area contributed by atoms with Gasteiger partial charge in [-0.25, -0.2) is 4.79 Å². The standard InChI is InChI=1S/C32H32N4O5S/c1-32(2,3)30(38)34-22-13-12-21(18-26(22)39-4)36-28(27(35-31(36)42)23-11-6-7-16-33-23)25-15-14-24(41-25)19-9-8-10-20(17-19)29(37)40-5/h6-18,27-28H,1-5H3,(H,34,38)(H,35,42)/t27-,28-/m0/s1. The number of pyridine rings is 1. The number of methoxy groups -OCH3 is 2. The number of anilines is 2. The summed E-state index contributed by atoms with van der Waals surface area (Å²) in [5, 5.41) is 6.85. The third-order valence-electron chi connectivity index (χ3n) is 6.98. The van der Waals surface area contributed by atoms with E-state index in [9.17, 15) is 9.59 Å². The number of nitrogens with one attached hydrogen (secondary N) is 2. The molecule has 1 aliphatic heterocycles. The van der Waals surface area contributed by atoms with Crippen molar-refractivity contribution in [3.63, 3.8) is 0 Å². The van der Waals surface area contributed by atoms with Crippen LogP contribution in [-0.4, -0.2) is 36.2 Å². The van der Waals surface area contributed by atoms with Crippen LogP contribution < -0.4 is 20.3 Å². The number of benzene rings is 2. The van der Waals surface area contributed by atoms with E-state index in [-0.39, 0.29) is 11.9 Å². The van der Waals surface area contributed by atoms with Crippen LogP contribution in [0.25, 0.3) is 11.3 Å². The van der Waals surface area contributed by atoms with E-state index in [1.807, 2.05) is 74.2 Å². The Hall–Kier alpha value is -4.70. The molecule has 216 valence electrons. The van der Waals surface area contributed by atoms with Gasteiger partial charge in [0.1, 0.15) is 23.3 Å². The first-order valence-corrected chi connectivity index (χ1v) is 13.8. The summed E-state index contributed by atoms with van der Waals surface area (Å²) in [6.07, 6.45) is 1.74. The monoisotopic (exact) mass is 584 g/mol. The molecule has 0 unspecified atom stereocenters. The van der Waals surface area contributed by atoms with Crippen LogP contribution in [0.2, 0.25) is 0 Å². The number of ether oxygens (including phenoxy) is 2. The summed E-state index contributed by atoms with van der Waals surface area (Å²) in [6.45, 7) is 5.55. The summed E-state index contributed by atoms with van der Waals surface area (Å²) in [5.74, 6) is 1.17. The highest BCUT2D eigenvalue weighted by atomic mass is 32.1. The minimum absolute atomic E-state index is 0.126. The van der Waals surface area contributed by atoms with Gasteiger partial charge in [0, 0.05) is 28.9 Å². The molecule has 0 bridgehead atoms. The lowest BCUT2D eigenvalue weighted by Crippen LogP contribution is -2.30. The molecule has 0 spiro atoms. The second-order valence-corrected chi connectivity index (χ2v) is 11.2. The van der Waals surface area contributed by atoms with Crippen molar-refractivity contribution in [1.82, 2.24) is 10.3 Å². The fraction of sp³-hybridized carbons (Fsp3) is 0.250. The van der Waals surface area contributed by atoms with Crippen molar-refractivity contribution in [3.8, 4) is 17.1 Å².